The van der Waals surface area contributed by atoms with Crippen molar-refractivity contribution >= 4 is 16.1 Å². The van der Waals surface area contributed by atoms with Crippen molar-refractivity contribution < 1.29 is 13.2 Å². The maximum absolute atomic E-state index is 13.4. The van der Waals surface area contributed by atoms with Crippen molar-refractivity contribution in [1.29, 1.82) is 0 Å². The molecule has 4 rings (SSSR count). The standard InChI is InChI=1S/C26H36N4O3S/c1-20-14-21(2)16-22(15-20)17-27(3)25-19-29(18-24(25)23-8-6-5-7-9-23)26(31)28-10-12-30(13-11-28)34(4,32)33/h5-9,14-16,24-25H,10-13,17-19H2,1-4H3. The van der Waals surface area contributed by atoms with Crippen molar-refractivity contribution in [2.45, 2.75) is 32.4 Å². The van der Waals surface area contributed by atoms with E-state index >= 15 is 0 Å². The fraction of sp³-hybridized carbons (Fsp3) is 0.500. The lowest BCUT2D eigenvalue weighted by Crippen LogP contribution is -2.53. The van der Waals surface area contributed by atoms with Gasteiger partial charge in [0.25, 0.3) is 0 Å². The highest BCUT2D eigenvalue weighted by atomic mass is 32.2. The Balaban J connectivity index is 1.50. The molecule has 0 radical (unpaired) electrons. The largest absolute Gasteiger partial charge is 0.322 e. The molecule has 0 spiro atoms. The van der Waals surface area contributed by atoms with Crippen LogP contribution in [0.2, 0.25) is 0 Å². The number of nitrogens with zero attached hydrogens (tertiary/aromatic N) is 4. The number of likely N-dealkylation sites (N-methyl/N-ethyl adjacent to an activating group) is 1. The summed E-state index contributed by atoms with van der Waals surface area (Å²) in [5.74, 6) is 0.221. The summed E-state index contributed by atoms with van der Waals surface area (Å²) in [7, 11) is -1.07. The van der Waals surface area contributed by atoms with Crippen LogP contribution in [-0.2, 0) is 16.6 Å². The molecule has 34 heavy (non-hydrogen) atoms. The van der Waals surface area contributed by atoms with E-state index < -0.39 is 10.0 Å². The molecule has 0 saturated carbocycles. The summed E-state index contributed by atoms with van der Waals surface area (Å²) in [6.45, 7) is 7.98. The van der Waals surface area contributed by atoms with Gasteiger partial charge in [-0.25, -0.2) is 13.2 Å². The minimum absolute atomic E-state index is 0.0105. The van der Waals surface area contributed by atoms with Gasteiger partial charge in [-0.15, -0.1) is 0 Å². The van der Waals surface area contributed by atoms with E-state index in [1.54, 1.807) is 4.90 Å². The molecule has 2 aromatic carbocycles. The highest BCUT2D eigenvalue weighted by Gasteiger charge is 2.40. The zero-order valence-corrected chi connectivity index (χ0v) is 21.5. The van der Waals surface area contributed by atoms with Gasteiger partial charge in [0.2, 0.25) is 10.0 Å². The molecular weight excluding hydrogens is 448 g/mol. The third kappa shape index (κ3) is 5.62. The average Bonchev–Trinajstić information content (AvgIpc) is 3.24. The number of amides is 2. The van der Waals surface area contributed by atoms with Crippen LogP contribution in [0, 0.1) is 13.8 Å². The van der Waals surface area contributed by atoms with Crippen molar-refractivity contribution in [3.05, 3.63) is 70.8 Å². The predicted octanol–water partition coefficient (Wildman–Crippen LogP) is 2.90. The molecule has 2 aliphatic rings. The van der Waals surface area contributed by atoms with Gasteiger partial charge in [0.1, 0.15) is 0 Å². The van der Waals surface area contributed by atoms with Crippen LogP contribution >= 0.6 is 0 Å². The van der Waals surface area contributed by atoms with Crippen LogP contribution in [0.15, 0.2) is 48.5 Å². The van der Waals surface area contributed by atoms with Crippen LogP contribution in [0.1, 0.15) is 28.2 Å². The van der Waals surface area contributed by atoms with Gasteiger partial charge in [0.05, 0.1) is 6.26 Å². The normalized spacial score (nSPS) is 21.9. The molecule has 0 aromatic heterocycles. The zero-order valence-electron chi connectivity index (χ0n) is 20.6. The first kappa shape index (κ1) is 24.7. The molecule has 2 unspecified atom stereocenters. The third-order valence-electron chi connectivity index (χ3n) is 7.05. The van der Waals surface area contributed by atoms with E-state index in [0.717, 1.165) is 6.54 Å². The van der Waals surface area contributed by atoms with Crippen LogP contribution < -0.4 is 0 Å². The van der Waals surface area contributed by atoms with E-state index in [2.05, 4.69) is 68.3 Å². The SMILES string of the molecule is Cc1cc(C)cc(CN(C)C2CN(C(=O)N3CCN(S(C)(=O)=O)CC3)CC2c2ccccc2)c1. The lowest BCUT2D eigenvalue weighted by molar-refractivity contribution is 0.138. The van der Waals surface area contributed by atoms with Gasteiger partial charge in [-0.05, 0) is 32.0 Å². The first-order chi connectivity index (χ1) is 16.1. The molecule has 2 fully saturated rings. The molecule has 7 nitrogen and oxygen atoms in total. The fourth-order valence-electron chi connectivity index (χ4n) is 5.39. The Bertz CT molecular complexity index is 1090. The van der Waals surface area contributed by atoms with Crippen molar-refractivity contribution in [3.63, 3.8) is 0 Å². The van der Waals surface area contributed by atoms with Crippen LogP contribution in [0.5, 0.6) is 0 Å². The molecule has 2 aromatic rings. The smallest absolute Gasteiger partial charge is 0.320 e. The van der Waals surface area contributed by atoms with Gasteiger partial charge in [0.15, 0.2) is 0 Å². The maximum atomic E-state index is 13.4. The first-order valence-corrected chi connectivity index (χ1v) is 13.8. The van der Waals surface area contributed by atoms with Gasteiger partial charge in [-0.1, -0.05) is 59.7 Å². The summed E-state index contributed by atoms with van der Waals surface area (Å²) in [5.41, 5.74) is 5.06. The fourth-order valence-corrected chi connectivity index (χ4v) is 6.22. The highest BCUT2D eigenvalue weighted by molar-refractivity contribution is 7.88. The van der Waals surface area contributed by atoms with Crippen molar-refractivity contribution in [2.75, 3.05) is 52.6 Å². The average molecular weight is 485 g/mol. The summed E-state index contributed by atoms with van der Waals surface area (Å²) >= 11 is 0. The van der Waals surface area contributed by atoms with Crippen LogP contribution in [0.25, 0.3) is 0 Å². The van der Waals surface area contributed by atoms with Gasteiger partial charge in [0, 0.05) is 57.8 Å². The molecule has 2 aliphatic heterocycles. The highest BCUT2D eigenvalue weighted by Crippen LogP contribution is 2.32. The van der Waals surface area contributed by atoms with E-state index in [-0.39, 0.29) is 18.0 Å². The Morgan fingerprint density at radius 1 is 0.941 bits per heavy atom. The Morgan fingerprint density at radius 2 is 1.56 bits per heavy atom. The lowest BCUT2D eigenvalue weighted by atomic mass is 9.93. The van der Waals surface area contributed by atoms with Crippen molar-refractivity contribution in [1.82, 2.24) is 19.0 Å². The van der Waals surface area contributed by atoms with Crippen molar-refractivity contribution in [3.8, 4) is 0 Å². The van der Waals surface area contributed by atoms with Crippen LogP contribution in [0.4, 0.5) is 4.79 Å². The van der Waals surface area contributed by atoms with E-state index in [1.165, 1.54) is 32.8 Å². The summed E-state index contributed by atoms with van der Waals surface area (Å²) in [6.07, 6.45) is 1.23. The number of hydrogen-bond acceptors (Lipinski definition) is 4. The number of likely N-dealkylation sites (tertiary alicyclic amines) is 1. The van der Waals surface area contributed by atoms with Crippen molar-refractivity contribution in [2.24, 2.45) is 0 Å². The monoisotopic (exact) mass is 484 g/mol. The molecule has 2 amide bonds. The van der Waals surface area contributed by atoms with E-state index in [9.17, 15) is 13.2 Å². The minimum atomic E-state index is -3.22. The first-order valence-electron chi connectivity index (χ1n) is 11.9. The number of benzene rings is 2. The molecular formula is C26H36N4O3S. The molecule has 0 bridgehead atoms. The van der Waals surface area contributed by atoms with Crippen LogP contribution in [-0.4, -0.2) is 92.1 Å². The van der Waals surface area contributed by atoms with Gasteiger partial charge in [-0.2, -0.15) is 4.31 Å². The van der Waals surface area contributed by atoms with E-state index in [1.807, 2.05) is 11.0 Å². The Kier molecular flexibility index (Phi) is 7.31. The zero-order chi connectivity index (χ0) is 24.5. The molecule has 2 saturated heterocycles. The van der Waals surface area contributed by atoms with Crippen LogP contribution in [0.3, 0.4) is 0 Å². The lowest BCUT2D eigenvalue weighted by Gasteiger charge is -2.35. The number of carbonyl (C=O) groups is 1. The topological polar surface area (TPSA) is 64.2 Å². The number of urea groups is 1. The molecule has 8 heteroatoms. The molecule has 2 atom stereocenters. The number of sulfonamides is 1. The molecule has 184 valence electrons. The Morgan fingerprint density at radius 3 is 2.15 bits per heavy atom. The number of aryl methyl sites for hydroxylation is 2. The summed E-state index contributed by atoms with van der Waals surface area (Å²) in [6, 6.07) is 17.3. The quantitative estimate of drug-likeness (QED) is 0.655. The summed E-state index contributed by atoms with van der Waals surface area (Å²) < 4.78 is 25.1. The second kappa shape index (κ2) is 10.1. The molecule has 0 aliphatic carbocycles. The van der Waals surface area contributed by atoms with E-state index in [4.69, 9.17) is 0 Å². The summed E-state index contributed by atoms with van der Waals surface area (Å²) in [4.78, 5) is 19.5. The third-order valence-corrected chi connectivity index (χ3v) is 8.35. The minimum Gasteiger partial charge on any atom is -0.322 e. The second-order valence-electron chi connectivity index (χ2n) is 9.83. The number of rotatable bonds is 5. The van der Waals surface area contributed by atoms with Gasteiger partial charge < -0.3 is 9.80 Å². The number of carbonyl (C=O) groups excluding carboxylic acids is 1. The Hall–Kier alpha value is -2.42. The molecule has 2 heterocycles. The maximum Gasteiger partial charge on any atom is 0.320 e. The predicted molar refractivity (Wildman–Crippen MR) is 135 cm³/mol. The Labute approximate surface area is 204 Å². The number of hydrogen-bond donors (Lipinski definition) is 0. The van der Waals surface area contributed by atoms with Gasteiger partial charge in [-0.3, -0.25) is 4.90 Å². The second-order valence-corrected chi connectivity index (χ2v) is 11.8. The summed E-state index contributed by atoms with van der Waals surface area (Å²) in [5, 5.41) is 0. The number of piperazine rings is 1. The van der Waals surface area contributed by atoms with E-state index in [0.29, 0.717) is 39.3 Å². The van der Waals surface area contributed by atoms with Gasteiger partial charge >= 0.3 is 6.03 Å². The molecule has 0 N–H and O–H groups in total.